The molecular formula is C23H25N5OS. The van der Waals surface area contributed by atoms with E-state index in [4.69, 9.17) is 9.72 Å². The Kier molecular flexibility index (Phi) is 5.98. The van der Waals surface area contributed by atoms with Crippen LogP contribution < -0.4 is 9.64 Å². The van der Waals surface area contributed by atoms with E-state index in [-0.39, 0.29) is 0 Å². The third kappa shape index (κ3) is 4.30. The van der Waals surface area contributed by atoms with Crippen LogP contribution in [0.3, 0.4) is 0 Å². The number of hydrogen-bond donors (Lipinski definition) is 0. The van der Waals surface area contributed by atoms with Crippen LogP contribution >= 0.6 is 11.3 Å². The number of ether oxygens (including phenoxy) is 1. The molecule has 1 fully saturated rings. The van der Waals surface area contributed by atoms with Gasteiger partial charge in [0.25, 0.3) is 0 Å². The molecule has 0 spiro atoms. The summed E-state index contributed by atoms with van der Waals surface area (Å²) in [5.74, 6) is 1.68. The van der Waals surface area contributed by atoms with Gasteiger partial charge in [0.15, 0.2) is 0 Å². The maximum Gasteiger partial charge on any atom is 0.147 e. The molecule has 1 aliphatic rings. The summed E-state index contributed by atoms with van der Waals surface area (Å²) >= 11 is 1.68. The lowest BCUT2D eigenvalue weighted by molar-refractivity contribution is 0.247. The van der Waals surface area contributed by atoms with Crippen molar-refractivity contribution in [2.75, 3.05) is 38.2 Å². The first kappa shape index (κ1) is 20.3. The summed E-state index contributed by atoms with van der Waals surface area (Å²) in [6.07, 6.45) is 0. The molecule has 0 atom stereocenters. The van der Waals surface area contributed by atoms with Crippen LogP contribution in [0.25, 0.3) is 10.6 Å². The molecule has 7 heteroatoms. The second-order valence-electron chi connectivity index (χ2n) is 7.53. The number of nitriles is 1. The first-order valence-corrected chi connectivity index (χ1v) is 10.9. The molecule has 3 heterocycles. The molecule has 1 saturated heterocycles. The van der Waals surface area contributed by atoms with Gasteiger partial charge in [0.05, 0.1) is 18.4 Å². The van der Waals surface area contributed by atoms with Crippen molar-refractivity contribution in [3.8, 4) is 22.4 Å². The number of methoxy groups -OCH3 is 1. The van der Waals surface area contributed by atoms with Crippen LogP contribution in [0.1, 0.15) is 22.5 Å². The third-order valence-corrected chi connectivity index (χ3v) is 6.32. The Bertz CT molecular complexity index is 1060. The molecule has 30 heavy (non-hydrogen) atoms. The van der Waals surface area contributed by atoms with Gasteiger partial charge in [-0.15, -0.1) is 11.3 Å². The van der Waals surface area contributed by atoms with Gasteiger partial charge >= 0.3 is 0 Å². The highest BCUT2D eigenvalue weighted by Gasteiger charge is 2.22. The van der Waals surface area contributed by atoms with Crippen LogP contribution in [0.4, 0.5) is 5.82 Å². The number of nitrogens with zero attached hydrogens (tertiary/aromatic N) is 5. The first-order valence-electron chi connectivity index (χ1n) is 10.0. The highest BCUT2D eigenvalue weighted by Crippen LogP contribution is 2.27. The summed E-state index contributed by atoms with van der Waals surface area (Å²) in [5.41, 5.74) is 4.86. The Morgan fingerprint density at radius 3 is 2.50 bits per heavy atom. The normalized spacial score (nSPS) is 14.5. The zero-order chi connectivity index (χ0) is 21.1. The van der Waals surface area contributed by atoms with Gasteiger partial charge in [-0.05, 0) is 49.7 Å². The van der Waals surface area contributed by atoms with Crippen molar-refractivity contribution < 1.29 is 4.74 Å². The van der Waals surface area contributed by atoms with E-state index in [0.717, 1.165) is 71.8 Å². The Morgan fingerprint density at radius 2 is 1.83 bits per heavy atom. The fraction of sp³-hybridized carbons (Fsp3) is 0.348. The maximum absolute atomic E-state index is 9.55. The van der Waals surface area contributed by atoms with E-state index in [1.54, 1.807) is 18.4 Å². The summed E-state index contributed by atoms with van der Waals surface area (Å²) in [4.78, 5) is 14.1. The molecule has 1 aromatic carbocycles. The number of hydrogen-bond acceptors (Lipinski definition) is 7. The van der Waals surface area contributed by atoms with Gasteiger partial charge in [-0.2, -0.15) is 5.26 Å². The smallest absolute Gasteiger partial charge is 0.147 e. The molecule has 1 aliphatic heterocycles. The van der Waals surface area contributed by atoms with Gasteiger partial charge in [0.1, 0.15) is 22.6 Å². The van der Waals surface area contributed by atoms with Gasteiger partial charge in [-0.25, -0.2) is 9.97 Å². The van der Waals surface area contributed by atoms with Crippen LogP contribution in [-0.4, -0.2) is 48.2 Å². The number of aryl methyl sites for hydroxylation is 2. The Morgan fingerprint density at radius 1 is 1.10 bits per heavy atom. The molecule has 6 nitrogen and oxygen atoms in total. The number of piperazine rings is 1. The minimum Gasteiger partial charge on any atom is -0.497 e. The molecule has 3 aromatic rings. The number of aromatic nitrogens is 2. The van der Waals surface area contributed by atoms with E-state index >= 15 is 0 Å². The highest BCUT2D eigenvalue weighted by atomic mass is 32.1. The summed E-state index contributed by atoms with van der Waals surface area (Å²) in [6.45, 7) is 8.38. The molecule has 2 aromatic heterocycles. The van der Waals surface area contributed by atoms with Crippen molar-refractivity contribution in [1.29, 1.82) is 5.26 Å². The van der Waals surface area contributed by atoms with E-state index in [1.807, 2.05) is 44.2 Å². The number of pyridine rings is 1. The lowest BCUT2D eigenvalue weighted by Gasteiger charge is -2.35. The van der Waals surface area contributed by atoms with Gasteiger partial charge in [-0.1, -0.05) is 0 Å². The largest absolute Gasteiger partial charge is 0.497 e. The topological polar surface area (TPSA) is 65.3 Å². The second-order valence-corrected chi connectivity index (χ2v) is 8.38. The minimum atomic E-state index is 0.692. The van der Waals surface area contributed by atoms with Crippen molar-refractivity contribution in [2.24, 2.45) is 0 Å². The molecule has 0 saturated carbocycles. The van der Waals surface area contributed by atoms with Crippen LogP contribution in [0, 0.1) is 25.2 Å². The zero-order valence-electron chi connectivity index (χ0n) is 17.6. The molecule has 0 aliphatic carbocycles. The lowest BCUT2D eigenvalue weighted by Crippen LogP contribution is -2.46. The van der Waals surface area contributed by atoms with Gasteiger partial charge in [0, 0.05) is 49.4 Å². The van der Waals surface area contributed by atoms with E-state index < -0.39 is 0 Å². The van der Waals surface area contributed by atoms with E-state index in [0.29, 0.717) is 5.56 Å². The monoisotopic (exact) mass is 419 g/mol. The van der Waals surface area contributed by atoms with Crippen molar-refractivity contribution in [2.45, 2.75) is 20.4 Å². The average molecular weight is 420 g/mol. The first-order chi connectivity index (χ1) is 14.6. The summed E-state index contributed by atoms with van der Waals surface area (Å²) < 4.78 is 5.23. The zero-order valence-corrected chi connectivity index (χ0v) is 18.4. The maximum atomic E-state index is 9.55. The minimum absolute atomic E-state index is 0.692. The summed E-state index contributed by atoms with van der Waals surface area (Å²) in [7, 11) is 1.67. The Hall–Kier alpha value is -2.95. The van der Waals surface area contributed by atoms with Gasteiger partial charge in [0.2, 0.25) is 0 Å². The standard InChI is InChI=1S/C23H25N5OS/c1-16-12-17(2)25-22(21(16)13-24)28-10-8-27(9-11-28)14-19-15-30-23(26-19)18-4-6-20(29-3)7-5-18/h4-7,12,15H,8-11,14H2,1-3H3. The van der Waals surface area contributed by atoms with Crippen molar-refractivity contribution in [3.05, 3.63) is 58.2 Å². The number of rotatable bonds is 5. The van der Waals surface area contributed by atoms with Crippen molar-refractivity contribution >= 4 is 17.2 Å². The molecule has 0 N–H and O–H groups in total. The molecule has 0 unspecified atom stereocenters. The van der Waals surface area contributed by atoms with Crippen LogP contribution in [0.5, 0.6) is 5.75 Å². The van der Waals surface area contributed by atoms with Gasteiger partial charge < -0.3 is 9.64 Å². The predicted molar refractivity (Wildman–Crippen MR) is 120 cm³/mol. The fourth-order valence-electron chi connectivity index (χ4n) is 3.78. The lowest BCUT2D eigenvalue weighted by atomic mass is 10.1. The van der Waals surface area contributed by atoms with Crippen LogP contribution in [0.15, 0.2) is 35.7 Å². The van der Waals surface area contributed by atoms with E-state index in [9.17, 15) is 5.26 Å². The van der Waals surface area contributed by atoms with E-state index in [2.05, 4.69) is 26.2 Å². The Balaban J connectivity index is 1.39. The fourth-order valence-corrected chi connectivity index (χ4v) is 4.59. The molecule has 154 valence electrons. The van der Waals surface area contributed by atoms with Crippen LogP contribution in [-0.2, 0) is 6.54 Å². The predicted octanol–water partition coefficient (Wildman–Crippen LogP) is 4.02. The SMILES string of the molecule is COc1ccc(-c2nc(CN3CCN(c4nc(C)cc(C)c4C#N)CC3)cs2)cc1. The number of anilines is 1. The molecule has 0 bridgehead atoms. The summed E-state index contributed by atoms with van der Waals surface area (Å²) in [5, 5.41) is 12.7. The number of thiazole rings is 1. The van der Waals surface area contributed by atoms with Gasteiger partial charge in [-0.3, -0.25) is 4.90 Å². The third-order valence-electron chi connectivity index (χ3n) is 5.38. The second kappa shape index (κ2) is 8.82. The average Bonchev–Trinajstić information content (AvgIpc) is 3.22. The molecule has 0 amide bonds. The van der Waals surface area contributed by atoms with E-state index in [1.165, 1.54) is 0 Å². The molecular weight excluding hydrogens is 394 g/mol. The quantitative estimate of drug-likeness (QED) is 0.622. The van der Waals surface area contributed by atoms with Crippen molar-refractivity contribution in [3.63, 3.8) is 0 Å². The van der Waals surface area contributed by atoms with Crippen LogP contribution in [0.2, 0.25) is 0 Å². The Labute approximate surface area is 181 Å². The van der Waals surface area contributed by atoms with Crippen molar-refractivity contribution in [1.82, 2.24) is 14.9 Å². The number of benzene rings is 1. The molecule has 4 rings (SSSR count). The molecule has 0 radical (unpaired) electrons. The highest BCUT2D eigenvalue weighted by molar-refractivity contribution is 7.13. The summed E-state index contributed by atoms with van der Waals surface area (Å²) in [6, 6.07) is 12.3.